The topological polar surface area (TPSA) is 95.9 Å². The maximum atomic E-state index is 13.5. The van der Waals surface area contributed by atoms with Crippen LogP contribution in [-0.2, 0) is 23.2 Å². The zero-order chi connectivity index (χ0) is 36.3. The van der Waals surface area contributed by atoms with Crippen LogP contribution in [0.5, 0.6) is 5.75 Å². The number of likely N-dealkylation sites (tertiary alicyclic amines) is 1. The molecule has 0 radical (unpaired) electrons. The summed E-state index contributed by atoms with van der Waals surface area (Å²) in [4.78, 5) is 40.5. The summed E-state index contributed by atoms with van der Waals surface area (Å²) >= 11 is 0. The zero-order valence-electron chi connectivity index (χ0n) is 29.7. The number of anilines is 2. The second kappa shape index (κ2) is 15.5. The molecule has 12 heteroatoms. The van der Waals surface area contributed by atoms with Gasteiger partial charge in [-0.05, 0) is 112 Å². The van der Waals surface area contributed by atoms with E-state index in [2.05, 4.69) is 37.3 Å². The van der Waals surface area contributed by atoms with E-state index in [-0.39, 0.29) is 23.1 Å². The van der Waals surface area contributed by atoms with Crippen LogP contribution in [0.1, 0.15) is 68.1 Å². The third-order valence-corrected chi connectivity index (χ3v) is 11.0. The highest BCUT2D eigenvalue weighted by molar-refractivity contribution is 6.01. The van der Waals surface area contributed by atoms with E-state index in [1.165, 1.54) is 29.2 Å². The van der Waals surface area contributed by atoms with E-state index in [1.54, 1.807) is 26.2 Å². The number of carbonyl (C=O) groups is 2. The number of hydrogen-bond donors (Lipinski definition) is 2. The minimum absolute atomic E-state index is 0.129. The number of aryl methyl sites for hydroxylation is 1. The van der Waals surface area contributed by atoms with Gasteiger partial charge in [-0.25, -0.2) is 0 Å². The van der Waals surface area contributed by atoms with E-state index < -0.39 is 12.4 Å². The van der Waals surface area contributed by atoms with Gasteiger partial charge in [0.05, 0.1) is 0 Å². The average Bonchev–Trinajstić information content (AvgIpc) is 3.10. The van der Waals surface area contributed by atoms with Gasteiger partial charge in [0, 0.05) is 67.4 Å². The summed E-state index contributed by atoms with van der Waals surface area (Å²) in [6.07, 6.45) is 4.41. The molecule has 1 atom stereocenters. The van der Waals surface area contributed by atoms with Crippen molar-refractivity contribution in [3.8, 4) is 16.9 Å². The van der Waals surface area contributed by atoms with E-state index in [0.29, 0.717) is 53.5 Å². The summed E-state index contributed by atoms with van der Waals surface area (Å²) in [5, 5.41) is 5.62. The van der Waals surface area contributed by atoms with Crippen LogP contribution in [0.2, 0.25) is 0 Å². The number of carbonyl (C=O) groups excluding carboxylic acids is 2. The number of ether oxygens (including phenoxy) is 1. The van der Waals surface area contributed by atoms with Gasteiger partial charge in [-0.15, -0.1) is 13.2 Å². The number of hydrogen-bond acceptors (Lipinski definition) is 7. The van der Waals surface area contributed by atoms with Crippen molar-refractivity contribution in [2.75, 3.05) is 36.4 Å². The maximum Gasteiger partial charge on any atom is 0.573 e. The van der Waals surface area contributed by atoms with Crippen LogP contribution in [0.4, 0.5) is 24.5 Å². The summed E-state index contributed by atoms with van der Waals surface area (Å²) in [5.41, 5.74) is 5.00. The summed E-state index contributed by atoms with van der Waals surface area (Å²) in [6.45, 7) is 7.61. The number of alkyl halides is 3. The predicted octanol–water partition coefficient (Wildman–Crippen LogP) is 6.69. The number of imide groups is 1. The minimum atomic E-state index is -4.81. The van der Waals surface area contributed by atoms with Crippen molar-refractivity contribution in [1.82, 2.24) is 14.8 Å². The molecule has 1 aromatic heterocycles. The molecule has 4 heterocycles. The van der Waals surface area contributed by atoms with Gasteiger partial charge >= 0.3 is 6.36 Å². The fourth-order valence-corrected chi connectivity index (χ4v) is 7.77. The largest absolute Gasteiger partial charge is 0.573 e. The number of nitrogens with zero attached hydrogens (tertiary/aromatic N) is 3. The Labute approximate surface area is 297 Å². The molecule has 274 valence electrons. The van der Waals surface area contributed by atoms with Crippen molar-refractivity contribution in [3.63, 3.8) is 0 Å². The molecule has 0 aliphatic carbocycles. The van der Waals surface area contributed by atoms with Crippen LogP contribution in [0.25, 0.3) is 11.1 Å². The lowest BCUT2D eigenvalue weighted by Crippen LogP contribution is -2.47. The number of benzene rings is 2. The number of nitrogens with one attached hydrogen (secondary N) is 2. The second-order valence-corrected chi connectivity index (χ2v) is 14.5. The first-order valence-corrected chi connectivity index (χ1v) is 18.1. The molecule has 0 bridgehead atoms. The van der Waals surface area contributed by atoms with Crippen molar-refractivity contribution in [1.29, 1.82) is 0 Å². The number of halogens is 3. The van der Waals surface area contributed by atoms with Gasteiger partial charge in [-0.2, -0.15) is 0 Å². The Morgan fingerprint density at radius 1 is 0.863 bits per heavy atom. The van der Waals surface area contributed by atoms with Crippen LogP contribution in [0, 0.1) is 25.7 Å². The fraction of sp³-hybridized carbons (Fsp3) is 0.513. The molecular formula is C39H48F3N5O4. The Kier molecular flexibility index (Phi) is 11.1. The maximum absolute atomic E-state index is 13.5. The molecule has 3 aliphatic rings. The average molecular weight is 708 g/mol. The Balaban J connectivity index is 0.961. The van der Waals surface area contributed by atoms with Gasteiger partial charge in [0.15, 0.2) is 0 Å². The first kappa shape index (κ1) is 36.5. The van der Waals surface area contributed by atoms with Crippen molar-refractivity contribution in [2.24, 2.45) is 18.9 Å². The molecule has 2 N–H and O–H groups in total. The van der Waals surface area contributed by atoms with Crippen LogP contribution in [-0.4, -0.2) is 59.9 Å². The number of aromatic nitrogens is 1. The van der Waals surface area contributed by atoms with Gasteiger partial charge in [-0.1, -0.05) is 25.0 Å². The summed E-state index contributed by atoms with van der Waals surface area (Å²) < 4.78 is 46.5. The first-order valence-electron chi connectivity index (χ1n) is 18.1. The second-order valence-electron chi connectivity index (χ2n) is 14.5. The van der Waals surface area contributed by atoms with Crippen LogP contribution in [0.15, 0.2) is 53.5 Å². The van der Waals surface area contributed by atoms with E-state index in [4.69, 9.17) is 0 Å². The van der Waals surface area contributed by atoms with Crippen LogP contribution in [0.3, 0.4) is 0 Å². The highest BCUT2D eigenvalue weighted by atomic mass is 19.4. The predicted molar refractivity (Wildman–Crippen MR) is 192 cm³/mol. The summed E-state index contributed by atoms with van der Waals surface area (Å²) in [5.74, 6) is 0.617. The van der Waals surface area contributed by atoms with Crippen molar-refractivity contribution >= 4 is 23.2 Å². The molecular weight excluding hydrogens is 659 g/mol. The Bertz CT molecular complexity index is 1770. The SMILES string of the molecule is Cc1c(-c2ccc(CN3CCC(CCC4CCN(c5ccc(NC6CCC(=O)NC6=O)cc5)CC4)CC3)c(OC(F)(F)F)c2)cn(C)c(=O)c1C. The molecule has 2 amide bonds. The highest BCUT2D eigenvalue weighted by Gasteiger charge is 2.33. The lowest BCUT2D eigenvalue weighted by Gasteiger charge is -2.36. The van der Waals surface area contributed by atoms with Crippen molar-refractivity contribution in [2.45, 2.75) is 84.2 Å². The van der Waals surface area contributed by atoms with E-state index in [0.717, 1.165) is 63.1 Å². The monoisotopic (exact) mass is 707 g/mol. The van der Waals surface area contributed by atoms with Crippen LogP contribution < -0.4 is 25.8 Å². The summed E-state index contributed by atoms with van der Waals surface area (Å²) in [6, 6.07) is 12.8. The van der Waals surface area contributed by atoms with Gasteiger partial charge < -0.3 is 19.5 Å². The quantitative estimate of drug-likeness (QED) is 0.227. The number of piperidine rings is 3. The molecule has 3 fully saturated rings. The Morgan fingerprint density at radius 2 is 1.51 bits per heavy atom. The molecule has 51 heavy (non-hydrogen) atoms. The van der Waals surface area contributed by atoms with Crippen LogP contribution >= 0.6 is 0 Å². The van der Waals surface area contributed by atoms with Gasteiger partial charge in [0.25, 0.3) is 5.56 Å². The van der Waals surface area contributed by atoms with E-state index in [9.17, 15) is 27.6 Å². The molecule has 3 aromatic rings. The number of amides is 2. The Hall–Kier alpha value is -4.32. The fourth-order valence-electron chi connectivity index (χ4n) is 7.77. The zero-order valence-corrected chi connectivity index (χ0v) is 29.7. The van der Waals surface area contributed by atoms with E-state index in [1.807, 2.05) is 25.1 Å². The number of rotatable bonds is 10. The normalized spacial score (nSPS) is 19.6. The molecule has 6 rings (SSSR count). The lowest BCUT2D eigenvalue weighted by atomic mass is 9.85. The van der Waals surface area contributed by atoms with Gasteiger partial charge in [0.1, 0.15) is 11.8 Å². The molecule has 0 spiro atoms. The van der Waals surface area contributed by atoms with E-state index >= 15 is 0 Å². The first-order chi connectivity index (χ1) is 24.3. The smallest absolute Gasteiger partial charge is 0.405 e. The molecule has 9 nitrogen and oxygen atoms in total. The van der Waals surface area contributed by atoms with Gasteiger partial charge in [0.2, 0.25) is 11.8 Å². The van der Waals surface area contributed by atoms with Crippen molar-refractivity contribution in [3.05, 3.63) is 75.7 Å². The van der Waals surface area contributed by atoms with Gasteiger partial charge in [-0.3, -0.25) is 24.6 Å². The highest BCUT2D eigenvalue weighted by Crippen LogP contribution is 2.35. The molecule has 0 saturated carbocycles. The molecule has 3 aliphatic heterocycles. The number of pyridine rings is 1. The summed E-state index contributed by atoms with van der Waals surface area (Å²) in [7, 11) is 1.64. The third-order valence-electron chi connectivity index (χ3n) is 11.0. The Morgan fingerprint density at radius 3 is 2.14 bits per heavy atom. The molecule has 1 unspecified atom stereocenters. The third kappa shape index (κ3) is 9.13. The lowest BCUT2D eigenvalue weighted by molar-refractivity contribution is -0.275. The minimum Gasteiger partial charge on any atom is -0.405 e. The van der Waals surface area contributed by atoms with Crippen molar-refractivity contribution < 1.29 is 27.5 Å². The molecule has 2 aromatic carbocycles. The standard InChI is InChI=1S/C39H48F3N5O4/c1-25-26(2)38(50)45(3)24-33(25)29-6-7-30(35(22-29)51-39(40,41)42)23-46-18-14-27(15-19-46)4-5-28-16-20-47(21-17-28)32-10-8-31(9-11-32)43-34-12-13-36(48)44-37(34)49/h6-11,22,24,27-28,34,43H,4-5,12-21,23H2,1-3H3,(H,44,48,49). The molecule has 3 saturated heterocycles.